The third-order valence-electron chi connectivity index (χ3n) is 5.98. The topological polar surface area (TPSA) is 58.6 Å². The molecule has 0 saturated heterocycles. The van der Waals surface area contributed by atoms with Gasteiger partial charge < -0.3 is 15.2 Å². The number of benzene rings is 4. The largest absolute Gasteiger partial charge is 0.497 e. The van der Waals surface area contributed by atoms with Crippen LogP contribution in [0.25, 0.3) is 21.9 Å². The van der Waals surface area contributed by atoms with Gasteiger partial charge in [-0.3, -0.25) is 0 Å². The fraction of sp³-hybridized carbons (Fsp3) is 0.179. The number of hydrogen-bond donors (Lipinski definition) is 2. The average molecular weight is 426 g/mol. The van der Waals surface area contributed by atoms with Crippen molar-refractivity contribution in [3.05, 3.63) is 101 Å². The first-order valence-electron chi connectivity index (χ1n) is 10.7. The Hall–Kier alpha value is -3.63. The lowest BCUT2D eigenvalue weighted by Crippen LogP contribution is -2.18. The van der Waals surface area contributed by atoms with Crippen molar-refractivity contribution in [2.45, 2.75) is 26.4 Å². The van der Waals surface area contributed by atoms with Crippen LogP contribution in [0.5, 0.6) is 5.75 Å². The van der Waals surface area contributed by atoms with Crippen molar-refractivity contribution in [2.24, 2.45) is 0 Å². The van der Waals surface area contributed by atoms with Gasteiger partial charge in [0.05, 0.1) is 12.7 Å². The molecular formula is C28H27NO3. The normalized spacial score (nSPS) is 12.0. The molecule has 32 heavy (non-hydrogen) atoms. The third-order valence-corrected chi connectivity index (χ3v) is 5.98. The Balaban J connectivity index is 1.70. The Morgan fingerprint density at radius 3 is 2.53 bits per heavy atom. The zero-order chi connectivity index (χ0) is 22.7. The monoisotopic (exact) mass is 425 g/mol. The standard InChI is InChI=1S/C28H27NO3/c1-18-24(12-7-13-25(18)28(30)31)27-15-20(14-22-8-4-5-11-26(22)27)17-29-19(2)21-9-6-10-23(16-21)32-3/h4-16,19,29H,17H2,1-3H3,(H,30,31). The number of carboxylic acid groups (broad SMARTS) is 1. The van der Waals surface area contributed by atoms with Crippen LogP contribution in [0.3, 0.4) is 0 Å². The number of carbonyl (C=O) groups is 1. The second-order valence-electron chi connectivity index (χ2n) is 8.03. The molecule has 0 aliphatic carbocycles. The highest BCUT2D eigenvalue weighted by atomic mass is 16.5. The molecule has 4 aromatic carbocycles. The summed E-state index contributed by atoms with van der Waals surface area (Å²) in [5.41, 5.74) is 5.42. The highest BCUT2D eigenvalue weighted by Crippen LogP contribution is 2.33. The summed E-state index contributed by atoms with van der Waals surface area (Å²) in [5, 5.41) is 15.4. The van der Waals surface area contributed by atoms with Gasteiger partial charge in [-0.05, 0) is 82.8 Å². The summed E-state index contributed by atoms with van der Waals surface area (Å²) in [6.45, 7) is 4.70. The van der Waals surface area contributed by atoms with Gasteiger partial charge in [-0.2, -0.15) is 0 Å². The molecule has 0 aromatic heterocycles. The van der Waals surface area contributed by atoms with Crippen LogP contribution in [0.2, 0.25) is 0 Å². The number of aromatic carboxylic acids is 1. The van der Waals surface area contributed by atoms with Gasteiger partial charge >= 0.3 is 5.97 Å². The van der Waals surface area contributed by atoms with Gasteiger partial charge in [-0.15, -0.1) is 0 Å². The maximum atomic E-state index is 11.7. The van der Waals surface area contributed by atoms with Crippen molar-refractivity contribution < 1.29 is 14.6 Å². The quantitative estimate of drug-likeness (QED) is 0.361. The van der Waals surface area contributed by atoms with E-state index in [1.165, 1.54) is 0 Å². The molecule has 0 spiro atoms. The van der Waals surface area contributed by atoms with Gasteiger partial charge in [-0.1, -0.05) is 48.5 Å². The predicted molar refractivity (Wildman–Crippen MR) is 129 cm³/mol. The van der Waals surface area contributed by atoms with Crippen molar-refractivity contribution in [1.82, 2.24) is 5.32 Å². The minimum atomic E-state index is -0.904. The zero-order valence-corrected chi connectivity index (χ0v) is 18.6. The summed E-state index contributed by atoms with van der Waals surface area (Å²) in [5.74, 6) is -0.0588. The van der Waals surface area contributed by atoms with Crippen molar-refractivity contribution in [3.8, 4) is 16.9 Å². The van der Waals surface area contributed by atoms with Crippen LogP contribution in [0.15, 0.2) is 78.9 Å². The maximum Gasteiger partial charge on any atom is 0.335 e. The summed E-state index contributed by atoms with van der Waals surface area (Å²) in [6.07, 6.45) is 0. The zero-order valence-electron chi connectivity index (χ0n) is 18.6. The lowest BCUT2D eigenvalue weighted by molar-refractivity contribution is 0.0696. The van der Waals surface area contributed by atoms with Crippen LogP contribution in [0.4, 0.5) is 0 Å². The van der Waals surface area contributed by atoms with E-state index in [4.69, 9.17) is 4.74 Å². The van der Waals surface area contributed by atoms with Gasteiger partial charge in [-0.25, -0.2) is 4.79 Å². The number of ether oxygens (including phenoxy) is 1. The Kier molecular flexibility index (Phi) is 6.24. The van der Waals surface area contributed by atoms with E-state index in [2.05, 4.69) is 42.6 Å². The van der Waals surface area contributed by atoms with Crippen molar-refractivity contribution in [2.75, 3.05) is 7.11 Å². The molecule has 1 atom stereocenters. The SMILES string of the molecule is COc1cccc(C(C)NCc2cc(-c3cccc(C(=O)O)c3C)c3ccccc3c2)c1. The molecule has 4 rings (SSSR count). The van der Waals surface area contributed by atoms with Crippen LogP contribution in [0.1, 0.15) is 40.0 Å². The van der Waals surface area contributed by atoms with Crippen LogP contribution in [-0.2, 0) is 6.54 Å². The Morgan fingerprint density at radius 1 is 0.969 bits per heavy atom. The van der Waals surface area contributed by atoms with Crippen LogP contribution >= 0.6 is 0 Å². The first-order chi connectivity index (χ1) is 15.5. The fourth-order valence-electron chi connectivity index (χ4n) is 4.16. The lowest BCUT2D eigenvalue weighted by Gasteiger charge is -2.17. The fourth-order valence-corrected chi connectivity index (χ4v) is 4.16. The van der Waals surface area contributed by atoms with E-state index >= 15 is 0 Å². The summed E-state index contributed by atoms with van der Waals surface area (Å²) < 4.78 is 5.35. The molecular weight excluding hydrogens is 398 g/mol. The second kappa shape index (κ2) is 9.25. The van der Waals surface area contributed by atoms with Gasteiger partial charge in [0, 0.05) is 12.6 Å². The van der Waals surface area contributed by atoms with Crippen molar-refractivity contribution >= 4 is 16.7 Å². The maximum absolute atomic E-state index is 11.7. The number of hydrogen-bond acceptors (Lipinski definition) is 3. The average Bonchev–Trinajstić information content (AvgIpc) is 2.82. The van der Waals surface area contributed by atoms with Crippen LogP contribution in [-0.4, -0.2) is 18.2 Å². The molecule has 1 unspecified atom stereocenters. The molecule has 0 fully saturated rings. The van der Waals surface area contributed by atoms with Gasteiger partial charge in [0.15, 0.2) is 0 Å². The third kappa shape index (κ3) is 4.36. The molecule has 4 heteroatoms. The summed E-state index contributed by atoms with van der Waals surface area (Å²) >= 11 is 0. The van der Waals surface area contributed by atoms with Crippen molar-refractivity contribution in [1.29, 1.82) is 0 Å². The second-order valence-corrected chi connectivity index (χ2v) is 8.03. The van der Waals surface area contributed by atoms with Crippen molar-refractivity contribution in [3.63, 3.8) is 0 Å². The molecule has 4 nitrogen and oxygen atoms in total. The highest BCUT2D eigenvalue weighted by Gasteiger charge is 2.15. The smallest absolute Gasteiger partial charge is 0.335 e. The lowest BCUT2D eigenvalue weighted by atomic mass is 9.91. The van der Waals surface area contributed by atoms with E-state index in [-0.39, 0.29) is 6.04 Å². The van der Waals surface area contributed by atoms with Crippen LogP contribution < -0.4 is 10.1 Å². The van der Waals surface area contributed by atoms with E-state index in [1.807, 2.05) is 49.4 Å². The van der Waals surface area contributed by atoms with Crippen LogP contribution in [0, 0.1) is 6.92 Å². The molecule has 0 amide bonds. The molecule has 0 radical (unpaired) electrons. The highest BCUT2D eigenvalue weighted by molar-refractivity contribution is 6.00. The molecule has 2 N–H and O–H groups in total. The number of nitrogens with one attached hydrogen (secondary N) is 1. The summed E-state index contributed by atoms with van der Waals surface area (Å²) in [7, 11) is 1.68. The number of fused-ring (bicyclic) bond motifs is 1. The molecule has 162 valence electrons. The predicted octanol–water partition coefficient (Wildman–Crippen LogP) is 6.37. The Bertz CT molecular complexity index is 1280. The molecule has 0 saturated carbocycles. The molecule has 4 aromatic rings. The van der Waals surface area contributed by atoms with E-state index in [0.29, 0.717) is 12.1 Å². The minimum absolute atomic E-state index is 0.150. The first kappa shape index (κ1) is 21.6. The van der Waals surface area contributed by atoms with Gasteiger partial charge in [0.25, 0.3) is 0 Å². The molecule has 0 heterocycles. The molecule has 0 aliphatic heterocycles. The Morgan fingerprint density at radius 2 is 1.75 bits per heavy atom. The summed E-state index contributed by atoms with van der Waals surface area (Å²) in [6, 6.07) is 26.3. The van der Waals surface area contributed by atoms with E-state index in [9.17, 15) is 9.90 Å². The summed E-state index contributed by atoms with van der Waals surface area (Å²) in [4.78, 5) is 11.7. The molecule has 0 bridgehead atoms. The number of methoxy groups -OCH3 is 1. The van der Waals surface area contributed by atoms with E-state index in [0.717, 1.165) is 44.3 Å². The first-order valence-corrected chi connectivity index (χ1v) is 10.7. The van der Waals surface area contributed by atoms with E-state index in [1.54, 1.807) is 13.2 Å². The minimum Gasteiger partial charge on any atom is -0.497 e. The number of carboxylic acids is 1. The van der Waals surface area contributed by atoms with E-state index < -0.39 is 5.97 Å². The Labute approximate surface area is 188 Å². The molecule has 0 aliphatic rings. The number of rotatable bonds is 7. The van der Waals surface area contributed by atoms with Gasteiger partial charge in [0.1, 0.15) is 5.75 Å². The van der Waals surface area contributed by atoms with Gasteiger partial charge in [0.2, 0.25) is 0 Å².